The van der Waals surface area contributed by atoms with Crippen LogP contribution in [0, 0.1) is 11.6 Å². The van der Waals surface area contributed by atoms with Gasteiger partial charge in [0.2, 0.25) is 0 Å². The van der Waals surface area contributed by atoms with Gasteiger partial charge in [-0.2, -0.15) is 0 Å². The molecule has 0 radical (unpaired) electrons. The van der Waals surface area contributed by atoms with Crippen LogP contribution in [0.25, 0.3) is 5.65 Å². The largest absolute Gasteiger partial charge is 0.391 e. The first-order valence-electron chi connectivity index (χ1n) is 10.4. The van der Waals surface area contributed by atoms with Crippen molar-refractivity contribution in [1.82, 2.24) is 14.3 Å². The van der Waals surface area contributed by atoms with Crippen LogP contribution >= 0.6 is 0 Å². The Morgan fingerprint density at radius 1 is 1.16 bits per heavy atom. The number of benzene rings is 1. The predicted molar refractivity (Wildman–Crippen MR) is 112 cm³/mol. The molecular weight excluding hydrogens is 404 g/mol. The van der Waals surface area contributed by atoms with Crippen LogP contribution in [0.3, 0.4) is 0 Å². The number of likely N-dealkylation sites (tertiary alicyclic amines) is 1. The Morgan fingerprint density at radius 2 is 2.03 bits per heavy atom. The first kappa shape index (κ1) is 19.7. The van der Waals surface area contributed by atoms with Crippen LogP contribution in [0.5, 0.6) is 0 Å². The average molecular weight is 427 g/mol. The number of hydrogen-bond acceptors (Lipinski definition) is 4. The Morgan fingerprint density at radius 3 is 2.84 bits per heavy atom. The zero-order valence-electron chi connectivity index (χ0n) is 16.8. The van der Waals surface area contributed by atoms with Crippen LogP contribution in [0.15, 0.2) is 42.7 Å². The molecule has 2 fully saturated rings. The van der Waals surface area contributed by atoms with Gasteiger partial charge in [0.15, 0.2) is 0 Å². The lowest BCUT2D eigenvalue weighted by molar-refractivity contribution is 0.176. The summed E-state index contributed by atoms with van der Waals surface area (Å²) in [6.45, 7) is 1.53. The van der Waals surface area contributed by atoms with Crippen molar-refractivity contribution in [3.05, 3.63) is 59.9 Å². The molecular formula is C22H23F2N5O2. The molecule has 2 saturated heterocycles. The minimum Gasteiger partial charge on any atom is -0.391 e. The van der Waals surface area contributed by atoms with Gasteiger partial charge < -0.3 is 14.9 Å². The van der Waals surface area contributed by atoms with E-state index in [4.69, 9.17) is 0 Å². The lowest BCUT2D eigenvalue weighted by Gasteiger charge is -2.27. The third-order valence-corrected chi connectivity index (χ3v) is 6.08. The van der Waals surface area contributed by atoms with E-state index in [-0.39, 0.29) is 12.1 Å². The van der Waals surface area contributed by atoms with E-state index >= 15 is 0 Å². The number of carbonyl (C=O) groups is 1. The van der Waals surface area contributed by atoms with E-state index in [9.17, 15) is 18.7 Å². The highest BCUT2D eigenvalue weighted by molar-refractivity contribution is 5.89. The number of fused-ring (bicyclic) bond motifs is 1. The molecule has 3 aromatic rings. The van der Waals surface area contributed by atoms with Crippen LogP contribution in [-0.4, -0.2) is 51.2 Å². The van der Waals surface area contributed by atoms with Gasteiger partial charge in [-0.05, 0) is 49.6 Å². The van der Waals surface area contributed by atoms with E-state index in [1.807, 2.05) is 18.3 Å². The number of aliphatic hydroxyl groups is 1. The van der Waals surface area contributed by atoms with Crippen molar-refractivity contribution in [2.75, 3.05) is 29.9 Å². The normalized spacial score (nSPS) is 21.3. The van der Waals surface area contributed by atoms with Gasteiger partial charge in [-0.15, -0.1) is 0 Å². The first-order chi connectivity index (χ1) is 15.0. The Balaban J connectivity index is 1.43. The van der Waals surface area contributed by atoms with Crippen LogP contribution in [0.4, 0.5) is 25.1 Å². The van der Waals surface area contributed by atoms with Crippen molar-refractivity contribution in [1.29, 1.82) is 0 Å². The number of nitrogens with one attached hydrogen (secondary N) is 1. The summed E-state index contributed by atoms with van der Waals surface area (Å²) in [4.78, 5) is 20.5. The van der Waals surface area contributed by atoms with Crippen molar-refractivity contribution >= 4 is 23.2 Å². The number of aliphatic hydroxyl groups excluding tert-OH is 1. The summed E-state index contributed by atoms with van der Waals surface area (Å²) in [5.74, 6) is -0.357. The van der Waals surface area contributed by atoms with Crippen molar-refractivity contribution in [3.8, 4) is 0 Å². The van der Waals surface area contributed by atoms with Gasteiger partial charge in [0.25, 0.3) is 0 Å². The lowest BCUT2D eigenvalue weighted by Crippen LogP contribution is -2.34. The number of β-amino-alcohol motifs (C(OH)–C–C–N with tert-alkyl or cyclic N) is 1. The zero-order chi connectivity index (χ0) is 21.5. The molecule has 5 rings (SSSR count). The number of rotatable bonds is 3. The highest BCUT2D eigenvalue weighted by Gasteiger charge is 2.29. The third kappa shape index (κ3) is 3.69. The number of nitrogens with zero attached hydrogens (tertiary/aromatic N) is 4. The van der Waals surface area contributed by atoms with E-state index in [0.717, 1.165) is 24.6 Å². The Labute approximate surface area is 177 Å². The first-order valence-corrected chi connectivity index (χ1v) is 10.4. The summed E-state index contributed by atoms with van der Waals surface area (Å²) >= 11 is 0. The molecule has 2 aliphatic heterocycles. The lowest BCUT2D eigenvalue weighted by atomic mass is 10.0. The molecule has 4 heterocycles. The molecule has 2 unspecified atom stereocenters. The molecule has 2 aromatic heterocycles. The van der Waals surface area contributed by atoms with E-state index in [1.165, 1.54) is 12.1 Å². The van der Waals surface area contributed by atoms with Gasteiger partial charge in [-0.3, -0.25) is 9.72 Å². The predicted octanol–water partition coefficient (Wildman–Crippen LogP) is 3.55. The second-order valence-electron chi connectivity index (χ2n) is 8.09. The fourth-order valence-corrected chi connectivity index (χ4v) is 4.52. The molecule has 0 bridgehead atoms. The average Bonchev–Trinajstić information content (AvgIpc) is 3.49. The molecule has 9 heteroatoms. The number of halogens is 2. The molecule has 0 aliphatic carbocycles. The van der Waals surface area contributed by atoms with Gasteiger partial charge >= 0.3 is 6.03 Å². The second-order valence-corrected chi connectivity index (χ2v) is 8.09. The summed E-state index contributed by atoms with van der Waals surface area (Å²) in [6, 6.07) is 6.75. The maximum Gasteiger partial charge on any atom is 0.323 e. The maximum atomic E-state index is 14.4. The van der Waals surface area contributed by atoms with E-state index < -0.39 is 17.7 Å². The van der Waals surface area contributed by atoms with Crippen molar-refractivity contribution in [2.24, 2.45) is 0 Å². The number of imidazole rings is 1. The Hall–Kier alpha value is -3.20. The highest BCUT2D eigenvalue weighted by Crippen LogP contribution is 2.37. The van der Waals surface area contributed by atoms with Crippen molar-refractivity contribution in [3.63, 3.8) is 0 Å². The van der Waals surface area contributed by atoms with Crippen LogP contribution in [0.2, 0.25) is 0 Å². The number of urea groups is 1. The standard InChI is InChI=1S/C22H23F2N5O2/c23-14-3-5-18(24)17(10-14)19-2-1-8-28(19)15-4-6-20-25-11-21(29(20)12-15)26-22(31)27-9-7-16(30)13-27/h3-6,10-12,16,19,30H,1-2,7-9,13H2,(H,26,31). The monoisotopic (exact) mass is 427 g/mol. The van der Waals surface area contributed by atoms with Crippen LogP contribution in [0.1, 0.15) is 30.9 Å². The maximum absolute atomic E-state index is 14.4. The smallest absolute Gasteiger partial charge is 0.323 e. The molecule has 2 atom stereocenters. The SMILES string of the molecule is O=C(Nc1cnc2ccc(N3CCCC3c3cc(F)ccc3F)cn12)N1CCC(O)C1. The molecule has 0 spiro atoms. The van der Waals surface area contributed by atoms with Crippen LogP contribution in [-0.2, 0) is 0 Å². The molecule has 2 N–H and O–H groups in total. The Bertz CT molecular complexity index is 1130. The minimum atomic E-state index is -0.491. The number of hydrogen-bond donors (Lipinski definition) is 2. The van der Waals surface area contributed by atoms with Crippen LogP contribution < -0.4 is 10.2 Å². The molecule has 0 saturated carbocycles. The summed E-state index contributed by atoms with van der Waals surface area (Å²) in [7, 11) is 0. The fourth-order valence-electron chi connectivity index (χ4n) is 4.52. The van der Waals surface area contributed by atoms with Gasteiger partial charge in [0.1, 0.15) is 23.1 Å². The third-order valence-electron chi connectivity index (χ3n) is 6.08. The summed E-state index contributed by atoms with van der Waals surface area (Å²) < 4.78 is 30.0. The van der Waals surface area contributed by atoms with Gasteiger partial charge in [0, 0.05) is 31.4 Å². The zero-order valence-corrected chi connectivity index (χ0v) is 16.8. The van der Waals surface area contributed by atoms with Gasteiger partial charge in [0.05, 0.1) is 24.0 Å². The summed E-state index contributed by atoms with van der Waals surface area (Å²) in [5, 5.41) is 12.5. The number of aromatic nitrogens is 2. The Kier molecular flexibility index (Phi) is 4.97. The van der Waals surface area contributed by atoms with E-state index in [0.29, 0.717) is 43.1 Å². The highest BCUT2D eigenvalue weighted by atomic mass is 19.1. The van der Waals surface area contributed by atoms with Gasteiger partial charge in [-0.1, -0.05) is 0 Å². The van der Waals surface area contributed by atoms with Gasteiger partial charge in [-0.25, -0.2) is 18.6 Å². The van der Waals surface area contributed by atoms with Crippen molar-refractivity contribution in [2.45, 2.75) is 31.4 Å². The van der Waals surface area contributed by atoms with E-state index in [1.54, 1.807) is 15.5 Å². The summed E-state index contributed by atoms with van der Waals surface area (Å²) in [5.41, 5.74) is 1.85. The molecule has 2 aliphatic rings. The van der Waals surface area contributed by atoms with Crippen molar-refractivity contribution < 1.29 is 18.7 Å². The molecule has 1 aromatic carbocycles. The number of anilines is 2. The molecule has 162 valence electrons. The quantitative estimate of drug-likeness (QED) is 0.671. The summed E-state index contributed by atoms with van der Waals surface area (Å²) in [6.07, 6.45) is 5.10. The molecule has 31 heavy (non-hydrogen) atoms. The number of carbonyl (C=O) groups excluding carboxylic acids is 1. The second kappa shape index (κ2) is 7.81. The topological polar surface area (TPSA) is 73.1 Å². The molecule has 7 nitrogen and oxygen atoms in total. The molecule has 2 amide bonds. The van der Waals surface area contributed by atoms with E-state index in [2.05, 4.69) is 15.2 Å². The minimum absolute atomic E-state index is 0.263. The number of amides is 2. The fraction of sp³-hybridized carbons (Fsp3) is 0.364. The number of pyridine rings is 1.